The van der Waals surface area contributed by atoms with E-state index in [0.717, 1.165) is 12.1 Å². The predicted octanol–water partition coefficient (Wildman–Crippen LogP) is 5.12. The summed E-state index contributed by atoms with van der Waals surface area (Å²) in [6.45, 7) is 1.76. The topological polar surface area (TPSA) is 90.1 Å². The van der Waals surface area contributed by atoms with Gasteiger partial charge in [-0.05, 0) is 36.8 Å². The Morgan fingerprint density at radius 1 is 1.20 bits per heavy atom. The maximum atomic E-state index is 12.8. The van der Waals surface area contributed by atoms with Crippen LogP contribution in [0.3, 0.4) is 0 Å². The van der Waals surface area contributed by atoms with Crippen LogP contribution in [0.15, 0.2) is 54.7 Å². The Labute approximate surface area is 174 Å². The fraction of sp³-hybridized carbons (Fsp3) is 0.150. The molecule has 0 aliphatic heterocycles. The highest BCUT2D eigenvalue weighted by Gasteiger charge is 2.32. The highest BCUT2D eigenvalue weighted by atomic mass is 35.5. The van der Waals surface area contributed by atoms with E-state index in [9.17, 15) is 18.0 Å². The van der Waals surface area contributed by atoms with Crippen LogP contribution >= 0.6 is 11.6 Å². The summed E-state index contributed by atoms with van der Waals surface area (Å²) in [7, 11) is 0. The third-order valence-electron chi connectivity index (χ3n) is 4.04. The summed E-state index contributed by atoms with van der Waals surface area (Å²) in [5, 5.41) is 2.90. The van der Waals surface area contributed by atoms with E-state index in [-0.39, 0.29) is 11.5 Å². The van der Waals surface area contributed by atoms with Gasteiger partial charge in [-0.2, -0.15) is 13.2 Å². The quantitative estimate of drug-likeness (QED) is 0.579. The molecule has 2 heterocycles. The minimum Gasteiger partial charge on any atom is -0.482 e. The van der Waals surface area contributed by atoms with Gasteiger partial charge in [0.2, 0.25) is 0 Å². The minimum absolute atomic E-state index is 0.173. The largest absolute Gasteiger partial charge is 0.482 e. The zero-order valence-electron chi connectivity index (χ0n) is 15.6. The third kappa shape index (κ3) is 5.18. The average Bonchev–Trinajstić information content (AvgIpc) is 2.70. The van der Waals surface area contributed by atoms with Gasteiger partial charge in [0, 0.05) is 18.0 Å². The fourth-order valence-electron chi connectivity index (χ4n) is 2.57. The molecule has 0 aliphatic rings. The molecule has 1 atom stereocenters. The Balaban J connectivity index is 1.75. The molecular weight excluding hydrogens is 421 g/mol. The first-order chi connectivity index (χ1) is 14.1. The number of aromatic nitrogens is 2. The number of benzene rings is 1. The van der Waals surface area contributed by atoms with E-state index in [4.69, 9.17) is 22.1 Å². The number of nitrogen functional groups attached to an aromatic ring is 1. The molecular formula is C20H16ClF3N4O2. The highest BCUT2D eigenvalue weighted by molar-refractivity contribution is 6.30. The normalized spacial score (nSPS) is 12.3. The molecule has 0 radical (unpaired) electrons. The lowest BCUT2D eigenvalue weighted by Gasteiger charge is -2.17. The van der Waals surface area contributed by atoms with Crippen LogP contribution in [0, 0.1) is 0 Å². The van der Waals surface area contributed by atoms with Crippen LogP contribution in [0.1, 0.15) is 34.8 Å². The van der Waals surface area contributed by atoms with Gasteiger partial charge in [0.15, 0.2) is 11.6 Å². The lowest BCUT2D eigenvalue weighted by atomic mass is 10.1. The van der Waals surface area contributed by atoms with Crippen molar-refractivity contribution in [2.75, 3.05) is 11.1 Å². The van der Waals surface area contributed by atoms with Crippen molar-refractivity contribution in [2.24, 2.45) is 0 Å². The van der Waals surface area contributed by atoms with Gasteiger partial charge in [-0.25, -0.2) is 9.97 Å². The number of alkyl halides is 3. The first-order valence-electron chi connectivity index (χ1n) is 8.67. The number of nitrogens with two attached hydrogens (primary N) is 1. The highest BCUT2D eigenvalue weighted by Crippen LogP contribution is 2.30. The molecule has 10 heteroatoms. The number of pyridine rings is 2. The SMILES string of the molecule is C[C@@H](Oc1cc(Cl)cnc1N)c1cccc(NC(=O)c2cccc(C(F)(F)F)n2)c1. The summed E-state index contributed by atoms with van der Waals surface area (Å²) in [5.74, 6) is -0.293. The van der Waals surface area contributed by atoms with Gasteiger partial charge in [0.05, 0.1) is 5.02 Å². The van der Waals surface area contributed by atoms with Gasteiger partial charge >= 0.3 is 6.18 Å². The smallest absolute Gasteiger partial charge is 0.433 e. The van der Waals surface area contributed by atoms with Crippen LogP contribution in [0.2, 0.25) is 5.02 Å². The van der Waals surface area contributed by atoms with Gasteiger partial charge in [0.1, 0.15) is 17.5 Å². The summed E-state index contributed by atoms with van der Waals surface area (Å²) >= 11 is 5.90. The molecule has 1 amide bonds. The van der Waals surface area contributed by atoms with Gasteiger partial charge in [0.25, 0.3) is 5.91 Å². The second kappa shape index (κ2) is 8.58. The number of halogens is 4. The Morgan fingerprint density at radius 2 is 1.93 bits per heavy atom. The van der Waals surface area contributed by atoms with E-state index >= 15 is 0 Å². The number of carbonyl (C=O) groups excluding carboxylic acids is 1. The second-order valence-corrected chi connectivity index (χ2v) is 6.72. The second-order valence-electron chi connectivity index (χ2n) is 6.28. The van der Waals surface area contributed by atoms with Crippen LogP contribution in [0.4, 0.5) is 24.7 Å². The third-order valence-corrected chi connectivity index (χ3v) is 4.24. The molecule has 1 aromatic carbocycles. The molecule has 6 nitrogen and oxygen atoms in total. The predicted molar refractivity (Wildman–Crippen MR) is 106 cm³/mol. The van der Waals surface area contributed by atoms with E-state index in [1.807, 2.05) is 0 Å². The van der Waals surface area contributed by atoms with E-state index in [2.05, 4.69) is 15.3 Å². The maximum Gasteiger partial charge on any atom is 0.433 e. The Kier molecular flexibility index (Phi) is 6.12. The molecule has 0 saturated heterocycles. The maximum absolute atomic E-state index is 12.8. The molecule has 0 saturated carbocycles. The van der Waals surface area contributed by atoms with Crippen molar-refractivity contribution in [1.82, 2.24) is 9.97 Å². The van der Waals surface area contributed by atoms with Crippen molar-refractivity contribution in [1.29, 1.82) is 0 Å². The lowest BCUT2D eigenvalue weighted by molar-refractivity contribution is -0.141. The molecule has 0 bridgehead atoms. The molecule has 0 aliphatic carbocycles. The summed E-state index contributed by atoms with van der Waals surface area (Å²) in [5.41, 5.74) is 5.34. The van der Waals surface area contributed by atoms with Crippen LogP contribution in [-0.2, 0) is 6.18 Å². The molecule has 0 fully saturated rings. The van der Waals surface area contributed by atoms with Crippen molar-refractivity contribution >= 4 is 29.0 Å². The summed E-state index contributed by atoms with van der Waals surface area (Å²) < 4.78 is 44.2. The molecule has 3 aromatic rings. The zero-order valence-corrected chi connectivity index (χ0v) is 16.3. The molecule has 30 heavy (non-hydrogen) atoms. The Morgan fingerprint density at radius 3 is 2.67 bits per heavy atom. The van der Waals surface area contributed by atoms with Crippen LogP contribution in [0.25, 0.3) is 0 Å². The van der Waals surface area contributed by atoms with Crippen molar-refractivity contribution in [3.63, 3.8) is 0 Å². The number of rotatable bonds is 5. The van der Waals surface area contributed by atoms with Gasteiger partial charge in [-0.15, -0.1) is 0 Å². The van der Waals surface area contributed by atoms with Gasteiger partial charge < -0.3 is 15.8 Å². The summed E-state index contributed by atoms with van der Waals surface area (Å²) in [6, 6.07) is 11.3. The number of hydrogen-bond donors (Lipinski definition) is 2. The molecule has 0 spiro atoms. The number of carbonyl (C=O) groups is 1. The molecule has 3 N–H and O–H groups in total. The lowest BCUT2D eigenvalue weighted by Crippen LogP contribution is -2.17. The van der Waals surface area contributed by atoms with Crippen molar-refractivity contribution in [2.45, 2.75) is 19.2 Å². The van der Waals surface area contributed by atoms with Gasteiger partial charge in [-0.1, -0.05) is 29.8 Å². The minimum atomic E-state index is -4.64. The number of anilines is 2. The first-order valence-corrected chi connectivity index (χ1v) is 9.04. The van der Waals surface area contributed by atoms with Crippen LogP contribution < -0.4 is 15.8 Å². The van der Waals surface area contributed by atoms with Crippen LogP contribution in [-0.4, -0.2) is 15.9 Å². The summed E-state index contributed by atoms with van der Waals surface area (Å²) in [6.07, 6.45) is -3.72. The number of nitrogens with zero attached hydrogens (tertiary/aromatic N) is 2. The zero-order chi connectivity index (χ0) is 21.9. The Bertz CT molecular complexity index is 1080. The van der Waals surface area contributed by atoms with Gasteiger partial charge in [-0.3, -0.25) is 4.79 Å². The number of ether oxygens (including phenoxy) is 1. The number of nitrogens with one attached hydrogen (secondary N) is 1. The van der Waals surface area contributed by atoms with Crippen molar-refractivity contribution in [3.05, 3.63) is 76.7 Å². The van der Waals surface area contributed by atoms with E-state index in [1.54, 1.807) is 31.2 Å². The first kappa shape index (κ1) is 21.4. The molecule has 3 rings (SSSR count). The van der Waals surface area contributed by atoms with E-state index in [0.29, 0.717) is 22.0 Å². The Hall–Kier alpha value is -3.33. The fourth-order valence-corrected chi connectivity index (χ4v) is 2.72. The standard InChI is InChI=1S/C20H16ClF3N4O2/c1-11(30-16-9-13(21)10-26-18(16)25)12-4-2-5-14(8-12)27-19(29)15-6-3-7-17(28-15)20(22,23)24/h2-11H,1H3,(H2,25,26)(H,27,29)/t11-/m1/s1. The van der Waals surface area contributed by atoms with E-state index in [1.165, 1.54) is 18.3 Å². The van der Waals surface area contributed by atoms with Crippen molar-refractivity contribution in [3.8, 4) is 5.75 Å². The van der Waals surface area contributed by atoms with Crippen molar-refractivity contribution < 1.29 is 22.7 Å². The molecule has 2 aromatic heterocycles. The van der Waals surface area contributed by atoms with E-state index < -0.39 is 23.9 Å². The van der Waals surface area contributed by atoms with Crippen LogP contribution in [0.5, 0.6) is 5.75 Å². The number of hydrogen-bond acceptors (Lipinski definition) is 5. The average molecular weight is 437 g/mol. The molecule has 156 valence electrons. The number of amides is 1. The monoisotopic (exact) mass is 436 g/mol. The summed E-state index contributed by atoms with van der Waals surface area (Å²) in [4.78, 5) is 19.6. The molecule has 0 unspecified atom stereocenters.